The number of carbonyl (C=O) groups excluding carboxylic acids is 2. The molecule has 0 saturated heterocycles. The van der Waals surface area contributed by atoms with Gasteiger partial charge >= 0.3 is 5.97 Å². The number of hydrogen-bond acceptors (Lipinski definition) is 5. The first-order valence-corrected chi connectivity index (χ1v) is 11.7. The molecule has 8 heteroatoms. The van der Waals surface area contributed by atoms with Gasteiger partial charge in [0, 0.05) is 21.5 Å². The van der Waals surface area contributed by atoms with Crippen molar-refractivity contribution in [1.29, 1.82) is 0 Å². The van der Waals surface area contributed by atoms with Crippen molar-refractivity contribution in [1.82, 2.24) is 0 Å². The number of amides is 1. The number of hydrogen-bond donors (Lipinski definition) is 1. The summed E-state index contributed by atoms with van der Waals surface area (Å²) in [5.74, 6) is -0.138. The molecule has 1 heterocycles. The Bertz CT molecular complexity index is 1170. The Morgan fingerprint density at radius 3 is 2.53 bits per heavy atom. The number of thiophene rings is 1. The number of ether oxygens (including phenoxy) is 2. The normalized spacial score (nSPS) is 10.9. The Kier molecular flexibility index (Phi) is 8.12. The number of carbonyl (C=O) groups is 2. The first-order valence-electron chi connectivity index (χ1n) is 9.73. The molecule has 0 atom stereocenters. The van der Waals surface area contributed by atoms with E-state index in [1.165, 1.54) is 17.4 Å². The molecule has 0 saturated carbocycles. The summed E-state index contributed by atoms with van der Waals surface area (Å²) in [6.07, 6.45) is 3.10. The van der Waals surface area contributed by atoms with Crippen molar-refractivity contribution < 1.29 is 19.1 Å². The third kappa shape index (κ3) is 5.59. The summed E-state index contributed by atoms with van der Waals surface area (Å²) in [4.78, 5) is 26.3. The van der Waals surface area contributed by atoms with E-state index in [1.807, 2.05) is 37.3 Å². The van der Waals surface area contributed by atoms with Crippen LogP contribution in [-0.2, 0) is 9.53 Å². The molecule has 1 amide bonds. The number of benzene rings is 2. The Labute approximate surface area is 204 Å². The zero-order valence-electron chi connectivity index (χ0n) is 17.7. The smallest absolute Gasteiger partial charge is 0.341 e. The van der Waals surface area contributed by atoms with Crippen molar-refractivity contribution in [2.24, 2.45) is 0 Å². The predicted octanol–water partition coefficient (Wildman–Crippen LogP) is 6.98. The number of rotatable bonds is 7. The zero-order valence-corrected chi connectivity index (χ0v) is 20.9. The third-order valence-corrected chi connectivity index (χ3v) is 6.43. The fourth-order valence-corrected chi connectivity index (χ4v) is 4.86. The lowest BCUT2D eigenvalue weighted by Gasteiger charge is -2.08. The van der Waals surface area contributed by atoms with Crippen LogP contribution in [0.2, 0.25) is 5.02 Å². The molecule has 3 aromatic rings. The van der Waals surface area contributed by atoms with E-state index in [0.29, 0.717) is 21.3 Å². The lowest BCUT2D eigenvalue weighted by molar-refractivity contribution is -0.111. The average Bonchev–Trinajstić information content (AvgIpc) is 3.08. The van der Waals surface area contributed by atoms with Crippen LogP contribution in [0.1, 0.15) is 27.7 Å². The van der Waals surface area contributed by atoms with E-state index in [-0.39, 0.29) is 12.5 Å². The van der Waals surface area contributed by atoms with Crippen LogP contribution in [0, 0.1) is 6.92 Å². The number of methoxy groups -OCH3 is 1. The van der Waals surface area contributed by atoms with Gasteiger partial charge < -0.3 is 14.8 Å². The monoisotopic (exact) mass is 533 g/mol. The van der Waals surface area contributed by atoms with Crippen LogP contribution in [-0.4, -0.2) is 25.6 Å². The maximum absolute atomic E-state index is 12.8. The molecule has 1 aromatic heterocycles. The Hall–Kier alpha value is -2.61. The van der Waals surface area contributed by atoms with Crippen molar-refractivity contribution in [3.8, 4) is 16.9 Å². The molecule has 3 rings (SSSR count). The van der Waals surface area contributed by atoms with Gasteiger partial charge in [-0.1, -0.05) is 29.8 Å². The topological polar surface area (TPSA) is 64.6 Å². The molecule has 32 heavy (non-hydrogen) atoms. The van der Waals surface area contributed by atoms with Gasteiger partial charge in [0.15, 0.2) is 0 Å². The summed E-state index contributed by atoms with van der Waals surface area (Å²) in [7, 11) is 1.59. The molecule has 0 bridgehead atoms. The van der Waals surface area contributed by atoms with E-state index < -0.39 is 5.97 Å². The van der Waals surface area contributed by atoms with Crippen LogP contribution in [0.25, 0.3) is 17.2 Å². The fraction of sp³-hybridized carbons (Fsp3) is 0.167. The standard InChI is InChI=1S/C24H21BrClNO4S/c1-4-31-24(29)22-21(16-7-9-17(26)10-8-16)14(2)32-23(22)27-20(28)12-6-15-5-11-19(30-3)18(25)13-15/h5-13H,4H2,1-3H3,(H,27,28)/b12-6+. The van der Waals surface area contributed by atoms with E-state index in [4.69, 9.17) is 21.1 Å². The minimum absolute atomic E-state index is 0.230. The maximum atomic E-state index is 12.8. The van der Waals surface area contributed by atoms with Crippen LogP contribution in [0.5, 0.6) is 5.75 Å². The van der Waals surface area contributed by atoms with Gasteiger partial charge in [-0.15, -0.1) is 11.3 Å². The molecule has 2 aromatic carbocycles. The average molecular weight is 535 g/mol. The number of halogens is 2. The van der Waals surface area contributed by atoms with Crippen LogP contribution in [0.15, 0.2) is 53.0 Å². The van der Waals surface area contributed by atoms with Crippen LogP contribution >= 0.6 is 38.9 Å². The summed E-state index contributed by atoms with van der Waals surface area (Å²) in [6, 6.07) is 12.7. The number of anilines is 1. The van der Waals surface area contributed by atoms with Gasteiger partial charge in [-0.2, -0.15) is 0 Å². The van der Waals surface area contributed by atoms with Gasteiger partial charge in [-0.05, 0) is 71.2 Å². The highest BCUT2D eigenvalue weighted by atomic mass is 79.9. The molecule has 0 radical (unpaired) electrons. The molecule has 0 spiro atoms. The molecule has 0 unspecified atom stereocenters. The van der Waals surface area contributed by atoms with Crippen molar-refractivity contribution in [2.75, 3.05) is 19.0 Å². The van der Waals surface area contributed by atoms with Crippen molar-refractivity contribution >= 4 is 61.8 Å². The Morgan fingerprint density at radius 1 is 1.19 bits per heavy atom. The molecular formula is C24H21BrClNO4S. The largest absolute Gasteiger partial charge is 0.496 e. The summed E-state index contributed by atoms with van der Waals surface area (Å²) < 4.78 is 11.3. The van der Waals surface area contributed by atoms with Crippen molar-refractivity contribution in [2.45, 2.75) is 13.8 Å². The first-order chi connectivity index (χ1) is 15.3. The number of nitrogens with one attached hydrogen (secondary N) is 1. The Morgan fingerprint density at radius 2 is 1.91 bits per heavy atom. The van der Waals surface area contributed by atoms with Gasteiger partial charge in [-0.25, -0.2) is 4.79 Å². The fourth-order valence-electron chi connectivity index (χ4n) is 3.11. The SMILES string of the molecule is CCOC(=O)c1c(NC(=O)/C=C/c2ccc(OC)c(Br)c2)sc(C)c1-c1ccc(Cl)cc1. The highest BCUT2D eigenvalue weighted by Gasteiger charge is 2.25. The van der Waals surface area contributed by atoms with E-state index in [1.54, 1.807) is 32.2 Å². The predicted molar refractivity (Wildman–Crippen MR) is 134 cm³/mol. The zero-order chi connectivity index (χ0) is 23.3. The van der Waals surface area contributed by atoms with Gasteiger partial charge in [-0.3, -0.25) is 4.79 Å². The number of aryl methyl sites for hydroxylation is 1. The molecule has 0 fully saturated rings. The van der Waals surface area contributed by atoms with Gasteiger partial charge in [0.05, 0.1) is 18.2 Å². The molecule has 166 valence electrons. The van der Waals surface area contributed by atoms with E-state index in [0.717, 1.165) is 26.0 Å². The van der Waals surface area contributed by atoms with Gasteiger partial charge in [0.25, 0.3) is 0 Å². The first kappa shape index (κ1) is 24.0. The maximum Gasteiger partial charge on any atom is 0.341 e. The highest BCUT2D eigenvalue weighted by molar-refractivity contribution is 9.10. The second-order valence-electron chi connectivity index (χ2n) is 6.68. The third-order valence-electron chi connectivity index (χ3n) is 4.54. The molecule has 0 aliphatic rings. The highest BCUT2D eigenvalue weighted by Crippen LogP contribution is 2.40. The minimum Gasteiger partial charge on any atom is -0.496 e. The second kappa shape index (κ2) is 10.8. The molecule has 0 aliphatic carbocycles. The molecule has 1 N–H and O–H groups in total. The molecular weight excluding hydrogens is 514 g/mol. The van der Waals surface area contributed by atoms with Crippen LogP contribution in [0.3, 0.4) is 0 Å². The second-order valence-corrected chi connectivity index (χ2v) is 9.20. The summed E-state index contributed by atoms with van der Waals surface area (Å²) in [5.41, 5.74) is 2.71. The summed E-state index contributed by atoms with van der Waals surface area (Å²) in [5, 5.41) is 3.87. The van der Waals surface area contributed by atoms with E-state index in [2.05, 4.69) is 21.2 Å². The van der Waals surface area contributed by atoms with Gasteiger partial charge in [0.2, 0.25) is 5.91 Å². The van der Waals surface area contributed by atoms with Crippen LogP contribution < -0.4 is 10.1 Å². The quantitative estimate of drug-likeness (QED) is 0.262. The lowest BCUT2D eigenvalue weighted by Crippen LogP contribution is -2.12. The van der Waals surface area contributed by atoms with Gasteiger partial charge in [0.1, 0.15) is 16.3 Å². The lowest BCUT2D eigenvalue weighted by atomic mass is 10.0. The molecule has 5 nitrogen and oxygen atoms in total. The summed E-state index contributed by atoms with van der Waals surface area (Å²) in [6.45, 7) is 3.87. The number of esters is 1. The Balaban J connectivity index is 1.90. The summed E-state index contributed by atoms with van der Waals surface area (Å²) >= 11 is 10.8. The van der Waals surface area contributed by atoms with Crippen molar-refractivity contribution in [3.05, 3.63) is 74.0 Å². The van der Waals surface area contributed by atoms with E-state index in [9.17, 15) is 9.59 Å². The molecule has 0 aliphatic heterocycles. The van der Waals surface area contributed by atoms with E-state index >= 15 is 0 Å². The van der Waals surface area contributed by atoms with Crippen molar-refractivity contribution in [3.63, 3.8) is 0 Å². The minimum atomic E-state index is -0.486. The van der Waals surface area contributed by atoms with Crippen LogP contribution in [0.4, 0.5) is 5.00 Å².